The van der Waals surface area contributed by atoms with Gasteiger partial charge in [-0.15, -0.1) is 11.6 Å². The number of halogens is 1. The summed E-state index contributed by atoms with van der Waals surface area (Å²) in [6, 6.07) is 13.4. The van der Waals surface area contributed by atoms with Gasteiger partial charge in [-0.3, -0.25) is 0 Å². The van der Waals surface area contributed by atoms with E-state index in [2.05, 4.69) is 4.98 Å². The van der Waals surface area contributed by atoms with Gasteiger partial charge in [-0.1, -0.05) is 12.1 Å². The van der Waals surface area contributed by atoms with Crippen LogP contribution < -0.4 is 4.74 Å². The number of rotatable bonds is 3. The van der Waals surface area contributed by atoms with Crippen molar-refractivity contribution in [2.24, 2.45) is 0 Å². The van der Waals surface area contributed by atoms with Crippen molar-refractivity contribution in [3.8, 4) is 17.2 Å². The summed E-state index contributed by atoms with van der Waals surface area (Å²) in [6.45, 7) is 0. The molecule has 0 unspecified atom stereocenters. The van der Waals surface area contributed by atoms with Crippen LogP contribution in [0.15, 0.2) is 46.9 Å². The summed E-state index contributed by atoms with van der Waals surface area (Å²) in [5, 5.41) is 0. The Balaban J connectivity index is 2.09. The highest BCUT2D eigenvalue weighted by atomic mass is 35.5. The third-order valence-corrected chi connectivity index (χ3v) is 3.23. The molecule has 0 saturated heterocycles. The summed E-state index contributed by atoms with van der Waals surface area (Å²) in [5.74, 6) is 1.82. The van der Waals surface area contributed by atoms with Crippen molar-refractivity contribution >= 4 is 22.7 Å². The molecule has 0 bridgehead atoms. The van der Waals surface area contributed by atoms with Crippen LogP contribution in [0.25, 0.3) is 22.6 Å². The van der Waals surface area contributed by atoms with Gasteiger partial charge in [0.25, 0.3) is 0 Å². The summed E-state index contributed by atoms with van der Waals surface area (Å²) < 4.78 is 10.9. The standard InChI is InChI=1S/C15H12ClNO2/c1-18-12-5-6-13-14(8-12)19-15(17-13)11-4-2-3-10(7-11)9-16/h2-8H,9H2,1H3. The first kappa shape index (κ1) is 12.1. The number of benzene rings is 2. The maximum absolute atomic E-state index is 5.84. The summed E-state index contributed by atoms with van der Waals surface area (Å²) in [4.78, 5) is 4.47. The number of methoxy groups -OCH3 is 1. The van der Waals surface area contributed by atoms with E-state index >= 15 is 0 Å². The van der Waals surface area contributed by atoms with Crippen LogP contribution in [0.2, 0.25) is 0 Å². The Hall–Kier alpha value is -2.00. The molecule has 3 aromatic rings. The lowest BCUT2D eigenvalue weighted by molar-refractivity contribution is 0.414. The van der Waals surface area contributed by atoms with Crippen LogP contribution in [-0.4, -0.2) is 12.1 Å². The third kappa shape index (κ3) is 2.29. The topological polar surface area (TPSA) is 35.3 Å². The van der Waals surface area contributed by atoms with Crippen molar-refractivity contribution in [1.29, 1.82) is 0 Å². The largest absolute Gasteiger partial charge is 0.497 e. The number of hydrogen-bond acceptors (Lipinski definition) is 3. The van der Waals surface area contributed by atoms with Gasteiger partial charge in [0.1, 0.15) is 11.3 Å². The molecule has 0 saturated carbocycles. The van der Waals surface area contributed by atoms with E-state index in [0.29, 0.717) is 17.4 Å². The van der Waals surface area contributed by atoms with Crippen molar-refractivity contribution in [3.05, 3.63) is 48.0 Å². The van der Waals surface area contributed by atoms with E-state index in [9.17, 15) is 0 Å². The molecule has 3 rings (SSSR count). The van der Waals surface area contributed by atoms with E-state index in [0.717, 1.165) is 22.4 Å². The lowest BCUT2D eigenvalue weighted by Gasteiger charge is -1.98. The minimum Gasteiger partial charge on any atom is -0.497 e. The van der Waals surface area contributed by atoms with Gasteiger partial charge in [0.2, 0.25) is 5.89 Å². The smallest absolute Gasteiger partial charge is 0.227 e. The zero-order chi connectivity index (χ0) is 13.2. The molecule has 0 aliphatic heterocycles. The van der Waals surface area contributed by atoms with Crippen molar-refractivity contribution in [1.82, 2.24) is 4.98 Å². The summed E-state index contributed by atoms with van der Waals surface area (Å²) in [7, 11) is 1.63. The fraction of sp³-hybridized carbons (Fsp3) is 0.133. The van der Waals surface area contributed by atoms with Crippen molar-refractivity contribution in [2.45, 2.75) is 5.88 Å². The Morgan fingerprint density at radius 2 is 2.11 bits per heavy atom. The summed E-state index contributed by atoms with van der Waals surface area (Å²) >= 11 is 5.84. The van der Waals surface area contributed by atoms with E-state index in [4.69, 9.17) is 20.8 Å². The zero-order valence-electron chi connectivity index (χ0n) is 10.4. The van der Waals surface area contributed by atoms with Gasteiger partial charge in [0.05, 0.1) is 7.11 Å². The van der Waals surface area contributed by atoms with Gasteiger partial charge in [-0.25, -0.2) is 4.98 Å². The molecule has 3 nitrogen and oxygen atoms in total. The Morgan fingerprint density at radius 3 is 2.89 bits per heavy atom. The second kappa shape index (κ2) is 4.94. The maximum Gasteiger partial charge on any atom is 0.227 e. The first-order valence-electron chi connectivity index (χ1n) is 5.90. The predicted octanol–water partition coefficient (Wildman–Crippen LogP) is 4.24. The van der Waals surface area contributed by atoms with Crippen LogP contribution in [0.4, 0.5) is 0 Å². The molecular formula is C15H12ClNO2. The van der Waals surface area contributed by atoms with Crippen molar-refractivity contribution in [2.75, 3.05) is 7.11 Å². The molecule has 0 fully saturated rings. The summed E-state index contributed by atoms with van der Waals surface area (Å²) in [6.07, 6.45) is 0. The molecule has 2 aromatic carbocycles. The molecule has 0 aliphatic rings. The molecule has 1 aromatic heterocycles. The molecule has 0 radical (unpaired) electrons. The van der Waals surface area contributed by atoms with Gasteiger partial charge in [0.15, 0.2) is 5.58 Å². The van der Waals surface area contributed by atoms with E-state index in [1.165, 1.54) is 0 Å². The van der Waals surface area contributed by atoms with Crippen molar-refractivity contribution in [3.63, 3.8) is 0 Å². The number of aromatic nitrogens is 1. The number of fused-ring (bicyclic) bond motifs is 1. The first-order chi connectivity index (χ1) is 9.30. The average molecular weight is 274 g/mol. The van der Waals surface area contributed by atoms with Gasteiger partial charge in [-0.05, 0) is 29.8 Å². The van der Waals surface area contributed by atoms with Crippen LogP contribution in [0.5, 0.6) is 5.75 Å². The number of ether oxygens (including phenoxy) is 1. The quantitative estimate of drug-likeness (QED) is 0.670. The second-order valence-corrected chi connectivity index (χ2v) is 4.45. The summed E-state index contributed by atoms with van der Waals surface area (Å²) in [5.41, 5.74) is 3.49. The molecule has 19 heavy (non-hydrogen) atoms. The highest BCUT2D eigenvalue weighted by Crippen LogP contribution is 2.27. The van der Waals surface area contributed by atoms with E-state index in [1.54, 1.807) is 7.11 Å². The fourth-order valence-electron chi connectivity index (χ4n) is 1.94. The Bertz CT molecular complexity index is 721. The fourth-order valence-corrected chi connectivity index (χ4v) is 2.11. The van der Waals surface area contributed by atoms with Crippen LogP contribution in [-0.2, 0) is 5.88 Å². The third-order valence-electron chi connectivity index (χ3n) is 2.92. The molecule has 0 amide bonds. The number of alkyl halides is 1. The van der Waals surface area contributed by atoms with Gasteiger partial charge < -0.3 is 9.15 Å². The van der Waals surface area contributed by atoms with E-state index in [1.807, 2.05) is 42.5 Å². The van der Waals surface area contributed by atoms with E-state index < -0.39 is 0 Å². The molecule has 0 N–H and O–H groups in total. The molecule has 0 atom stereocenters. The predicted molar refractivity (Wildman–Crippen MR) is 75.6 cm³/mol. The highest BCUT2D eigenvalue weighted by Gasteiger charge is 2.09. The van der Waals surface area contributed by atoms with Crippen LogP contribution in [0.3, 0.4) is 0 Å². The monoisotopic (exact) mass is 273 g/mol. The number of oxazole rings is 1. The van der Waals surface area contributed by atoms with Gasteiger partial charge in [-0.2, -0.15) is 0 Å². The Kier molecular flexibility index (Phi) is 3.13. The van der Waals surface area contributed by atoms with Crippen molar-refractivity contribution < 1.29 is 9.15 Å². The van der Waals surface area contributed by atoms with Gasteiger partial charge >= 0.3 is 0 Å². The Morgan fingerprint density at radius 1 is 1.21 bits per heavy atom. The SMILES string of the molecule is COc1ccc2nc(-c3cccc(CCl)c3)oc2c1. The van der Waals surface area contributed by atoms with E-state index in [-0.39, 0.29) is 0 Å². The average Bonchev–Trinajstić information content (AvgIpc) is 2.90. The van der Waals surface area contributed by atoms with Crippen LogP contribution >= 0.6 is 11.6 Å². The molecule has 0 spiro atoms. The number of hydrogen-bond donors (Lipinski definition) is 0. The lowest BCUT2D eigenvalue weighted by Crippen LogP contribution is -1.81. The van der Waals surface area contributed by atoms with Crippen LogP contribution in [0, 0.1) is 0 Å². The highest BCUT2D eigenvalue weighted by molar-refractivity contribution is 6.17. The minimum atomic E-state index is 0.474. The molecule has 4 heteroatoms. The van der Waals surface area contributed by atoms with Gasteiger partial charge in [0, 0.05) is 17.5 Å². The normalized spacial score (nSPS) is 10.8. The maximum atomic E-state index is 5.84. The zero-order valence-corrected chi connectivity index (χ0v) is 11.1. The second-order valence-electron chi connectivity index (χ2n) is 4.19. The molecular weight excluding hydrogens is 262 g/mol. The lowest BCUT2D eigenvalue weighted by atomic mass is 10.1. The molecule has 0 aliphatic carbocycles. The van der Waals surface area contributed by atoms with Crippen LogP contribution in [0.1, 0.15) is 5.56 Å². The first-order valence-corrected chi connectivity index (χ1v) is 6.43. The number of nitrogens with zero attached hydrogens (tertiary/aromatic N) is 1. The molecule has 96 valence electrons. The minimum absolute atomic E-state index is 0.474. The Labute approximate surface area is 115 Å². The molecule has 1 heterocycles.